The molecule has 0 aliphatic rings. The van der Waals surface area contributed by atoms with Crippen LogP contribution in [0.25, 0.3) is 0 Å². The Bertz CT molecular complexity index is 561. The van der Waals surface area contributed by atoms with Crippen LogP contribution in [0.4, 0.5) is 11.6 Å². The maximum Gasteiger partial charge on any atom is 0.141 e. The van der Waals surface area contributed by atoms with Gasteiger partial charge in [-0.25, -0.2) is 4.98 Å². The molecule has 0 aliphatic carbocycles. The third kappa shape index (κ3) is 2.26. The van der Waals surface area contributed by atoms with Gasteiger partial charge in [0.25, 0.3) is 0 Å². The lowest BCUT2D eigenvalue weighted by Gasteiger charge is -2.12. The van der Waals surface area contributed by atoms with Crippen molar-refractivity contribution in [3.8, 4) is 0 Å². The molecule has 0 aromatic carbocycles. The number of hydrogen-bond acceptors (Lipinski definition) is 4. The normalized spacial score (nSPS) is 10.2. The van der Waals surface area contributed by atoms with E-state index < -0.39 is 0 Å². The van der Waals surface area contributed by atoms with E-state index >= 15 is 0 Å². The van der Waals surface area contributed by atoms with E-state index in [9.17, 15) is 0 Å². The first kappa shape index (κ1) is 11.5. The van der Waals surface area contributed by atoms with E-state index in [0.29, 0.717) is 10.8 Å². The van der Waals surface area contributed by atoms with Crippen molar-refractivity contribution in [3.63, 3.8) is 0 Å². The van der Waals surface area contributed by atoms with Crippen LogP contribution in [-0.2, 0) is 7.05 Å². The minimum absolute atomic E-state index is 0.334. The molecule has 6 heteroatoms. The number of thiocarbonyl (C=S) groups is 1. The number of nitrogens with one attached hydrogen (secondary N) is 1. The monoisotopic (exact) mass is 247 g/mol. The van der Waals surface area contributed by atoms with Crippen molar-refractivity contribution in [1.29, 1.82) is 0 Å². The van der Waals surface area contributed by atoms with Crippen molar-refractivity contribution in [2.24, 2.45) is 12.8 Å². The van der Waals surface area contributed by atoms with Gasteiger partial charge in [-0.05, 0) is 18.6 Å². The average Bonchev–Trinajstić information content (AvgIpc) is 2.64. The maximum atomic E-state index is 5.71. The fourth-order valence-electron chi connectivity index (χ4n) is 1.58. The third-order valence-electron chi connectivity index (χ3n) is 2.47. The Morgan fingerprint density at radius 1 is 1.41 bits per heavy atom. The molecule has 0 radical (unpaired) electrons. The van der Waals surface area contributed by atoms with Gasteiger partial charge in [-0.2, -0.15) is 5.10 Å². The highest BCUT2D eigenvalue weighted by molar-refractivity contribution is 7.80. The van der Waals surface area contributed by atoms with Crippen LogP contribution in [0.2, 0.25) is 0 Å². The topological polar surface area (TPSA) is 68.8 Å². The van der Waals surface area contributed by atoms with Crippen LogP contribution in [0.5, 0.6) is 0 Å². The molecule has 2 aromatic rings. The van der Waals surface area contributed by atoms with E-state index in [2.05, 4.69) is 15.4 Å². The molecule has 0 fully saturated rings. The lowest BCUT2D eigenvalue weighted by atomic mass is 10.1. The average molecular weight is 247 g/mol. The summed E-state index contributed by atoms with van der Waals surface area (Å²) in [5, 5.41) is 7.24. The molecule has 0 atom stereocenters. The van der Waals surface area contributed by atoms with Crippen LogP contribution in [-0.4, -0.2) is 19.8 Å². The third-order valence-corrected chi connectivity index (χ3v) is 2.68. The van der Waals surface area contributed by atoms with E-state index in [1.165, 1.54) is 0 Å². The summed E-state index contributed by atoms with van der Waals surface area (Å²) >= 11 is 5.04. The molecule has 3 N–H and O–H groups in total. The van der Waals surface area contributed by atoms with Crippen molar-refractivity contribution in [3.05, 3.63) is 35.7 Å². The van der Waals surface area contributed by atoms with E-state index in [1.54, 1.807) is 17.1 Å². The second kappa shape index (κ2) is 4.50. The van der Waals surface area contributed by atoms with Gasteiger partial charge in [0.15, 0.2) is 0 Å². The molecule has 88 valence electrons. The molecule has 5 nitrogen and oxygen atoms in total. The summed E-state index contributed by atoms with van der Waals surface area (Å²) in [5.41, 5.74) is 7.48. The molecule has 2 rings (SSSR count). The number of aromatic nitrogens is 3. The Hall–Kier alpha value is -1.95. The Kier molecular flexibility index (Phi) is 3.06. The number of hydrogen-bond donors (Lipinski definition) is 2. The Morgan fingerprint density at radius 2 is 2.18 bits per heavy atom. The maximum absolute atomic E-state index is 5.71. The molecule has 0 spiro atoms. The molecule has 0 bridgehead atoms. The van der Waals surface area contributed by atoms with E-state index in [-0.39, 0.29) is 0 Å². The minimum atomic E-state index is 0.334. The van der Waals surface area contributed by atoms with Crippen LogP contribution in [0.3, 0.4) is 0 Å². The molecular weight excluding hydrogens is 234 g/mol. The molecule has 0 unspecified atom stereocenters. The summed E-state index contributed by atoms with van der Waals surface area (Å²) in [5.74, 6) is 1.49. The first-order chi connectivity index (χ1) is 8.09. The second-order valence-electron chi connectivity index (χ2n) is 3.68. The van der Waals surface area contributed by atoms with Crippen LogP contribution >= 0.6 is 12.2 Å². The standard InChI is InChI=1S/C11H13N5S/c1-7-3-5-13-11(9(7)10(12)17)15-8-4-6-14-16(8)2/h3-6H,1-2H3,(H2,12,17)(H,13,15). The highest BCUT2D eigenvalue weighted by Crippen LogP contribution is 2.20. The van der Waals surface area contributed by atoms with Gasteiger partial charge in [0.1, 0.15) is 16.6 Å². The van der Waals surface area contributed by atoms with Gasteiger partial charge < -0.3 is 11.1 Å². The smallest absolute Gasteiger partial charge is 0.141 e. The Balaban J connectivity index is 2.43. The van der Waals surface area contributed by atoms with Crippen molar-refractivity contribution in [1.82, 2.24) is 14.8 Å². The zero-order chi connectivity index (χ0) is 12.4. The summed E-state index contributed by atoms with van der Waals surface area (Å²) in [6.07, 6.45) is 3.42. The molecule has 0 aliphatic heterocycles. The van der Waals surface area contributed by atoms with Gasteiger partial charge in [0.2, 0.25) is 0 Å². The van der Waals surface area contributed by atoms with E-state index in [0.717, 1.165) is 16.9 Å². The fourth-order valence-corrected chi connectivity index (χ4v) is 1.84. The summed E-state index contributed by atoms with van der Waals surface area (Å²) in [6, 6.07) is 3.73. The molecule has 2 heterocycles. The summed E-state index contributed by atoms with van der Waals surface area (Å²) < 4.78 is 1.72. The number of aryl methyl sites for hydroxylation is 2. The first-order valence-electron chi connectivity index (χ1n) is 5.10. The van der Waals surface area contributed by atoms with Gasteiger partial charge in [-0.15, -0.1) is 0 Å². The largest absolute Gasteiger partial charge is 0.389 e. The molecule has 0 saturated heterocycles. The molecule has 17 heavy (non-hydrogen) atoms. The van der Waals surface area contributed by atoms with Gasteiger partial charge in [-0.3, -0.25) is 4.68 Å². The minimum Gasteiger partial charge on any atom is -0.389 e. The summed E-state index contributed by atoms with van der Waals surface area (Å²) in [4.78, 5) is 4.59. The molecule has 2 aromatic heterocycles. The van der Waals surface area contributed by atoms with Gasteiger partial charge >= 0.3 is 0 Å². The molecular formula is C11H13N5S. The summed E-state index contributed by atoms with van der Waals surface area (Å²) in [6.45, 7) is 1.95. The van der Waals surface area contributed by atoms with E-state index in [1.807, 2.05) is 26.1 Å². The second-order valence-corrected chi connectivity index (χ2v) is 4.12. The molecule has 0 amide bonds. The number of anilines is 2. The van der Waals surface area contributed by atoms with Crippen LogP contribution in [0.15, 0.2) is 24.5 Å². The number of rotatable bonds is 3. The van der Waals surface area contributed by atoms with Crippen LogP contribution in [0.1, 0.15) is 11.1 Å². The van der Waals surface area contributed by atoms with Crippen LogP contribution in [0, 0.1) is 6.92 Å². The van der Waals surface area contributed by atoms with Crippen LogP contribution < -0.4 is 11.1 Å². The highest BCUT2D eigenvalue weighted by atomic mass is 32.1. The molecule has 0 saturated carbocycles. The van der Waals surface area contributed by atoms with Gasteiger partial charge in [0, 0.05) is 19.3 Å². The summed E-state index contributed by atoms with van der Waals surface area (Å²) in [7, 11) is 1.85. The Morgan fingerprint density at radius 3 is 2.76 bits per heavy atom. The lowest BCUT2D eigenvalue weighted by Crippen LogP contribution is -2.15. The van der Waals surface area contributed by atoms with Crippen molar-refractivity contribution >= 4 is 28.8 Å². The Labute approximate surface area is 105 Å². The zero-order valence-electron chi connectivity index (χ0n) is 9.64. The predicted molar refractivity (Wildman–Crippen MR) is 71.4 cm³/mol. The number of nitrogens with zero attached hydrogens (tertiary/aromatic N) is 3. The van der Waals surface area contributed by atoms with Crippen molar-refractivity contribution in [2.45, 2.75) is 6.92 Å². The van der Waals surface area contributed by atoms with Crippen molar-refractivity contribution in [2.75, 3.05) is 5.32 Å². The first-order valence-corrected chi connectivity index (χ1v) is 5.51. The van der Waals surface area contributed by atoms with Crippen molar-refractivity contribution < 1.29 is 0 Å². The zero-order valence-corrected chi connectivity index (χ0v) is 10.5. The van der Waals surface area contributed by atoms with Gasteiger partial charge in [-0.1, -0.05) is 12.2 Å². The van der Waals surface area contributed by atoms with E-state index in [4.69, 9.17) is 18.0 Å². The lowest BCUT2D eigenvalue weighted by molar-refractivity contribution is 0.776. The quantitative estimate of drug-likeness (QED) is 0.804. The predicted octanol–water partition coefficient (Wildman–Crippen LogP) is 1.50. The highest BCUT2D eigenvalue weighted by Gasteiger charge is 2.11. The number of nitrogens with two attached hydrogens (primary N) is 1. The SMILES string of the molecule is Cc1ccnc(Nc2ccnn2C)c1C(N)=S. The number of pyridine rings is 1. The fraction of sp³-hybridized carbons (Fsp3) is 0.182. The van der Waals surface area contributed by atoms with Gasteiger partial charge in [0.05, 0.1) is 11.8 Å².